The highest BCUT2D eigenvalue weighted by atomic mass is 35.5. The third-order valence-electron chi connectivity index (χ3n) is 2.60. The molecule has 0 saturated heterocycles. The molecule has 0 aliphatic carbocycles. The first kappa shape index (κ1) is 12.8. The molecule has 2 heterocycles. The Morgan fingerprint density at radius 1 is 1.33 bits per heavy atom. The maximum Gasteiger partial charge on any atom is 0.219 e. The Kier molecular flexibility index (Phi) is 4.15. The van der Waals surface area contributed by atoms with Crippen molar-refractivity contribution in [1.82, 2.24) is 9.97 Å². The molecule has 0 unspecified atom stereocenters. The van der Waals surface area contributed by atoms with Crippen molar-refractivity contribution in [2.75, 3.05) is 0 Å². The number of ether oxygens (including phenoxy) is 1. The Labute approximate surface area is 112 Å². The molecule has 0 aliphatic heterocycles. The van der Waals surface area contributed by atoms with Gasteiger partial charge in [0.25, 0.3) is 0 Å². The zero-order chi connectivity index (χ0) is 13.0. The summed E-state index contributed by atoms with van der Waals surface area (Å²) in [6, 6.07) is 7.58. The second-order valence-corrected chi connectivity index (χ2v) is 4.25. The molecule has 18 heavy (non-hydrogen) atoms. The van der Waals surface area contributed by atoms with Gasteiger partial charge in [-0.2, -0.15) is 0 Å². The molecule has 0 aromatic carbocycles. The first-order chi connectivity index (χ1) is 8.72. The fourth-order valence-corrected chi connectivity index (χ4v) is 1.78. The van der Waals surface area contributed by atoms with E-state index in [1.807, 2.05) is 31.2 Å². The van der Waals surface area contributed by atoms with Gasteiger partial charge >= 0.3 is 0 Å². The van der Waals surface area contributed by atoms with Crippen LogP contribution in [-0.2, 0) is 12.3 Å². The van der Waals surface area contributed by atoms with Crippen LogP contribution in [0.1, 0.15) is 23.9 Å². The van der Waals surface area contributed by atoms with Crippen molar-refractivity contribution >= 4 is 11.6 Å². The van der Waals surface area contributed by atoms with Gasteiger partial charge in [0.15, 0.2) is 5.75 Å². The second kappa shape index (κ2) is 5.83. The molecule has 2 aromatic rings. The van der Waals surface area contributed by atoms with Gasteiger partial charge in [-0.05, 0) is 37.1 Å². The number of aromatic nitrogens is 2. The number of hydrogen-bond donors (Lipinski definition) is 0. The minimum absolute atomic E-state index is 0.456. The van der Waals surface area contributed by atoms with E-state index in [1.54, 1.807) is 6.20 Å². The van der Waals surface area contributed by atoms with Gasteiger partial charge in [-0.1, -0.05) is 6.92 Å². The first-order valence-electron chi connectivity index (χ1n) is 5.88. The Morgan fingerprint density at radius 3 is 2.83 bits per heavy atom. The predicted octanol–water partition coefficient (Wildman–Crippen LogP) is 3.88. The first-order valence-corrected chi connectivity index (χ1v) is 6.41. The maximum atomic E-state index is 5.87. The molecule has 3 nitrogen and oxygen atoms in total. The molecule has 0 fully saturated rings. The third-order valence-corrected chi connectivity index (χ3v) is 2.91. The molecule has 0 atom stereocenters. The Bertz CT molecular complexity index is 521. The van der Waals surface area contributed by atoms with Crippen LogP contribution in [0.2, 0.25) is 0 Å². The highest BCUT2D eigenvalue weighted by Gasteiger charge is 2.06. The molecular weight excluding hydrogens is 248 g/mol. The highest BCUT2D eigenvalue weighted by molar-refractivity contribution is 6.17. The topological polar surface area (TPSA) is 35.0 Å². The molecule has 0 radical (unpaired) electrons. The van der Waals surface area contributed by atoms with E-state index < -0.39 is 0 Å². The lowest BCUT2D eigenvalue weighted by Crippen LogP contribution is -1.96. The van der Waals surface area contributed by atoms with E-state index in [0.717, 1.165) is 29.1 Å². The van der Waals surface area contributed by atoms with Crippen molar-refractivity contribution in [2.45, 2.75) is 26.1 Å². The number of nitrogens with zero attached hydrogens (tertiary/aromatic N) is 2. The smallest absolute Gasteiger partial charge is 0.219 e. The summed E-state index contributed by atoms with van der Waals surface area (Å²) in [5.74, 6) is 1.75. The standard InChI is InChI=1S/C14H15ClN2O/c1-3-12-7-11(9-15)8-14(17-12)18-13-5-4-6-16-10(13)2/h4-8H,3,9H2,1-2H3. The van der Waals surface area contributed by atoms with Crippen LogP contribution in [0.5, 0.6) is 11.6 Å². The van der Waals surface area contributed by atoms with Crippen LogP contribution >= 0.6 is 11.6 Å². The fourth-order valence-electron chi connectivity index (χ4n) is 1.62. The van der Waals surface area contributed by atoms with E-state index in [1.165, 1.54) is 0 Å². The van der Waals surface area contributed by atoms with Crippen molar-refractivity contribution in [3.63, 3.8) is 0 Å². The van der Waals surface area contributed by atoms with Crippen molar-refractivity contribution in [1.29, 1.82) is 0 Å². The van der Waals surface area contributed by atoms with E-state index in [-0.39, 0.29) is 0 Å². The van der Waals surface area contributed by atoms with E-state index in [2.05, 4.69) is 16.9 Å². The number of hydrogen-bond acceptors (Lipinski definition) is 3. The van der Waals surface area contributed by atoms with E-state index >= 15 is 0 Å². The minimum Gasteiger partial charge on any atom is -0.437 e. The van der Waals surface area contributed by atoms with Gasteiger partial charge in [0.05, 0.1) is 5.69 Å². The number of alkyl halides is 1. The summed E-state index contributed by atoms with van der Waals surface area (Å²) < 4.78 is 5.76. The van der Waals surface area contributed by atoms with Gasteiger partial charge in [0.1, 0.15) is 0 Å². The van der Waals surface area contributed by atoms with Gasteiger partial charge in [-0.25, -0.2) is 4.98 Å². The van der Waals surface area contributed by atoms with Crippen molar-refractivity contribution in [2.24, 2.45) is 0 Å². The van der Waals surface area contributed by atoms with Gasteiger partial charge in [-0.3, -0.25) is 4.98 Å². The molecule has 94 valence electrons. The summed E-state index contributed by atoms with van der Waals surface area (Å²) in [6.07, 6.45) is 2.59. The molecule has 0 aliphatic rings. The quantitative estimate of drug-likeness (QED) is 0.785. The summed E-state index contributed by atoms with van der Waals surface area (Å²) in [5, 5.41) is 0. The summed E-state index contributed by atoms with van der Waals surface area (Å²) in [6.45, 7) is 3.96. The molecular formula is C14H15ClN2O. The van der Waals surface area contributed by atoms with Crippen LogP contribution in [0, 0.1) is 6.92 Å². The zero-order valence-corrected chi connectivity index (χ0v) is 11.2. The van der Waals surface area contributed by atoms with Crippen LogP contribution in [0.15, 0.2) is 30.5 Å². The molecule has 0 bridgehead atoms. The van der Waals surface area contributed by atoms with Crippen molar-refractivity contribution in [3.8, 4) is 11.6 Å². The Balaban J connectivity index is 2.31. The van der Waals surface area contributed by atoms with Gasteiger partial charge in [-0.15, -0.1) is 11.6 Å². The lowest BCUT2D eigenvalue weighted by molar-refractivity contribution is 0.454. The zero-order valence-electron chi connectivity index (χ0n) is 10.5. The minimum atomic E-state index is 0.456. The van der Waals surface area contributed by atoms with Gasteiger partial charge in [0, 0.05) is 23.8 Å². The summed E-state index contributed by atoms with van der Waals surface area (Å²) in [4.78, 5) is 8.61. The molecule has 0 N–H and O–H groups in total. The van der Waals surface area contributed by atoms with E-state index in [4.69, 9.17) is 16.3 Å². The SMILES string of the molecule is CCc1cc(CCl)cc(Oc2cccnc2C)n1. The molecule has 0 spiro atoms. The van der Waals surface area contributed by atoms with Crippen molar-refractivity contribution < 1.29 is 4.74 Å². The molecule has 2 aromatic heterocycles. The van der Waals surface area contributed by atoms with Gasteiger partial charge in [0.2, 0.25) is 5.88 Å². The number of aryl methyl sites for hydroxylation is 2. The summed E-state index contributed by atoms with van der Waals surface area (Å²) in [7, 11) is 0. The van der Waals surface area contributed by atoms with E-state index in [9.17, 15) is 0 Å². The lowest BCUT2D eigenvalue weighted by Gasteiger charge is -2.09. The van der Waals surface area contributed by atoms with Crippen LogP contribution in [-0.4, -0.2) is 9.97 Å². The van der Waals surface area contributed by atoms with Crippen LogP contribution in [0.4, 0.5) is 0 Å². The van der Waals surface area contributed by atoms with Crippen LogP contribution in [0.3, 0.4) is 0 Å². The molecule has 0 amide bonds. The van der Waals surface area contributed by atoms with Crippen LogP contribution in [0.25, 0.3) is 0 Å². The molecule has 2 rings (SSSR count). The van der Waals surface area contributed by atoms with E-state index in [0.29, 0.717) is 11.8 Å². The average molecular weight is 263 g/mol. The second-order valence-electron chi connectivity index (χ2n) is 3.98. The fraction of sp³-hybridized carbons (Fsp3) is 0.286. The highest BCUT2D eigenvalue weighted by Crippen LogP contribution is 2.23. The largest absolute Gasteiger partial charge is 0.437 e. The number of halogens is 1. The summed E-state index contributed by atoms with van der Waals surface area (Å²) in [5.41, 5.74) is 2.83. The lowest BCUT2D eigenvalue weighted by atomic mass is 10.2. The molecule has 0 saturated carbocycles. The summed E-state index contributed by atoms with van der Waals surface area (Å²) >= 11 is 5.87. The Hall–Kier alpha value is -1.61. The molecule has 4 heteroatoms. The normalized spacial score (nSPS) is 10.4. The number of pyridine rings is 2. The number of rotatable bonds is 4. The third kappa shape index (κ3) is 2.99. The average Bonchev–Trinajstić information content (AvgIpc) is 2.41. The predicted molar refractivity (Wildman–Crippen MR) is 72.2 cm³/mol. The van der Waals surface area contributed by atoms with Crippen LogP contribution < -0.4 is 4.74 Å². The Morgan fingerprint density at radius 2 is 2.17 bits per heavy atom. The van der Waals surface area contributed by atoms with Crippen molar-refractivity contribution in [3.05, 3.63) is 47.4 Å². The monoisotopic (exact) mass is 262 g/mol. The maximum absolute atomic E-state index is 5.87. The van der Waals surface area contributed by atoms with Gasteiger partial charge < -0.3 is 4.74 Å².